The first-order valence-corrected chi connectivity index (χ1v) is 9.66. The van der Waals surface area contributed by atoms with Gasteiger partial charge in [0, 0.05) is 25.2 Å². The van der Waals surface area contributed by atoms with E-state index in [0.717, 1.165) is 38.8 Å². The Kier molecular flexibility index (Phi) is 6.50. The minimum atomic E-state index is -0.280. The van der Waals surface area contributed by atoms with Gasteiger partial charge in [-0.1, -0.05) is 24.3 Å². The fourth-order valence-electron chi connectivity index (χ4n) is 4.00. The van der Waals surface area contributed by atoms with Gasteiger partial charge in [-0.25, -0.2) is 4.79 Å². The molecular formula is C20H29N3O3. The van der Waals surface area contributed by atoms with Crippen LogP contribution >= 0.6 is 0 Å². The highest BCUT2D eigenvalue weighted by molar-refractivity contribution is 5.75. The second-order valence-corrected chi connectivity index (χ2v) is 7.12. The maximum Gasteiger partial charge on any atom is 0.315 e. The van der Waals surface area contributed by atoms with E-state index in [0.29, 0.717) is 19.2 Å². The third-order valence-electron chi connectivity index (χ3n) is 5.25. The van der Waals surface area contributed by atoms with Crippen molar-refractivity contribution in [2.24, 2.45) is 0 Å². The first kappa shape index (κ1) is 18.7. The average Bonchev–Trinajstić information content (AvgIpc) is 3.06. The number of nitrogens with one attached hydrogen (secondary N) is 2. The Morgan fingerprint density at radius 2 is 1.96 bits per heavy atom. The number of benzene rings is 1. The molecule has 1 fully saturated rings. The van der Waals surface area contributed by atoms with E-state index >= 15 is 0 Å². The highest BCUT2D eigenvalue weighted by atomic mass is 16.5. The lowest BCUT2D eigenvalue weighted by molar-refractivity contribution is -0.142. The molecule has 6 heteroatoms. The quantitative estimate of drug-likeness (QED) is 0.761. The lowest BCUT2D eigenvalue weighted by Crippen LogP contribution is -2.53. The summed E-state index contributed by atoms with van der Waals surface area (Å²) < 4.78 is 4.85. The number of rotatable bonds is 6. The highest BCUT2D eigenvalue weighted by Gasteiger charge is 2.30. The number of urea groups is 1. The zero-order valence-electron chi connectivity index (χ0n) is 15.5. The molecule has 0 bridgehead atoms. The van der Waals surface area contributed by atoms with E-state index in [4.69, 9.17) is 4.74 Å². The Balaban J connectivity index is 1.41. The minimum absolute atomic E-state index is 0.162. The van der Waals surface area contributed by atoms with Crippen LogP contribution in [0.2, 0.25) is 0 Å². The number of ether oxygens (including phenoxy) is 1. The van der Waals surface area contributed by atoms with Crippen molar-refractivity contribution < 1.29 is 14.3 Å². The van der Waals surface area contributed by atoms with Crippen LogP contribution in [-0.4, -0.2) is 55.2 Å². The number of amides is 2. The van der Waals surface area contributed by atoms with E-state index in [9.17, 15) is 9.59 Å². The van der Waals surface area contributed by atoms with Gasteiger partial charge in [0.25, 0.3) is 0 Å². The first-order valence-electron chi connectivity index (χ1n) is 9.66. The third kappa shape index (κ3) is 4.97. The van der Waals surface area contributed by atoms with Gasteiger partial charge < -0.3 is 15.4 Å². The molecule has 0 aromatic heterocycles. The zero-order valence-corrected chi connectivity index (χ0v) is 15.5. The monoisotopic (exact) mass is 359 g/mol. The Morgan fingerprint density at radius 3 is 2.65 bits per heavy atom. The van der Waals surface area contributed by atoms with Crippen molar-refractivity contribution in [3.63, 3.8) is 0 Å². The molecule has 1 saturated heterocycles. The summed E-state index contributed by atoms with van der Waals surface area (Å²) in [4.78, 5) is 25.9. The number of carbonyl (C=O) groups excluding carboxylic acids is 2. The van der Waals surface area contributed by atoms with E-state index in [-0.39, 0.29) is 24.5 Å². The fraction of sp³-hybridized carbons (Fsp3) is 0.600. The number of fused-ring (bicyclic) bond motifs is 1. The number of carbonyl (C=O) groups is 2. The molecule has 0 spiro atoms. The van der Waals surface area contributed by atoms with E-state index in [1.807, 2.05) is 0 Å². The van der Waals surface area contributed by atoms with Crippen molar-refractivity contribution in [1.29, 1.82) is 0 Å². The minimum Gasteiger partial charge on any atom is -0.466 e. The molecule has 2 aliphatic rings. The second-order valence-electron chi connectivity index (χ2n) is 7.12. The maximum atomic E-state index is 12.1. The molecule has 6 nitrogen and oxygen atoms in total. The van der Waals surface area contributed by atoms with Gasteiger partial charge in [0.15, 0.2) is 0 Å². The third-order valence-corrected chi connectivity index (χ3v) is 5.25. The van der Waals surface area contributed by atoms with E-state index in [1.165, 1.54) is 11.1 Å². The van der Waals surface area contributed by atoms with E-state index < -0.39 is 0 Å². The summed E-state index contributed by atoms with van der Waals surface area (Å²) in [6, 6.07) is 9.19. The zero-order chi connectivity index (χ0) is 18.4. The van der Waals surface area contributed by atoms with Crippen LogP contribution in [0, 0.1) is 0 Å². The van der Waals surface area contributed by atoms with Gasteiger partial charge in [-0.15, -0.1) is 0 Å². The van der Waals surface area contributed by atoms with Gasteiger partial charge in [0.1, 0.15) is 0 Å². The Morgan fingerprint density at radius 1 is 1.23 bits per heavy atom. The fourth-order valence-corrected chi connectivity index (χ4v) is 4.00. The van der Waals surface area contributed by atoms with Crippen LogP contribution in [0.25, 0.3) is 0 Å². The summed E-state index contributed by atoms with van der Waals surface area (Å²) in [7, 11) is 0. The van der Waals surface area contributed by atoms with Gasteiger partial charge in [0.2, 0.25) is 0 Å². The van der Waals surface area contributed by atoms with Gasteiger partial charge in [0.05, 0.1) is 13.0 Å². The molecule has 1 aromatic carbocycles. The lowest BCUT2D eigenvalue weighted by atomic mass is 10.0. The number of hydrogen-bond acceptors (Lipinski definition) is 4. The first-order chi connectivity index (χ1) is 12.7. The Bertz CT molecular complexity index is 609. The number of likely N-dealkylation sites (tertiary alicyclic amines) is 1. The Labute approximate surface area is 155 Å². The number of hydrogen-bond donors (Lipinski definition) is 2. The summed E-state index contributed by atoms with van der Waals surface area (Å²) in [5, 5.41) is 5.80. The van der Waals surface area contributed by atoms with E-state index in [1.54, 1.807) is 6.92 Å². The summed E-state index contributed by atoms with van der Waals surface area (Å²) in [6.07, 6.45) is 4.52. The van der Waals surface area contributed by atoms with Crippen LogP contribution in [-0.2, 0) is 22.4 Å². The molecule has 142 valence electrons. The second kappa shape index (κ2) is 9.03. The molecule has 3 rings (SSSR count). The highest BCUT2D eigenvalue weighted by Crippen LogP contribution is 2.27. The molecule has 0 saturated carbocycles. The van der Waals surface area contributed by atoms with Crippen molar-refractivity contribution >= 4 is 12.0 Å². The van der Waals surface area contributed by atoms with Gasteiger partial charge in [-0.3, -0.25) is 9.69 Å². The summed E-state index contributed by atoms with van der Waals surface area (Å²) in [5.41, 5.74) is 2.92. The molecule has 1 heterocycles. The number of nitrogens with zero attached hydrogens (tertiary/aromatic N) is 1. The predicted octanol–water partition coefficient (Wildman–Crippen LogP) is 1.87. The van der Waals surface area contributed by atoms with Crippen molar-refractivity contribution in [1.82, 2.24) is 15.5 Å². The SMILES string of the molecule is CCOC(=O)CCNC(=O)NC1CCCN(C2Cc3ccccc3C2)C1. The predicted molar refractivity (Wildman–Crippen MR) is 100 cm³/mol. The van der Waals surface area contributed by atoms with Gasteiger partial charge >= 0.3 is 12.0 Å². The maximum absolute atomic E-state index is 12.1. The molecule has 1 aliphatic carbocycles. The standard InChI is InChI=1S/C20H29N3O3/c1-2-26-19(24)9-10-21-20(25)22-17-8-5-11-23(14-17)18-12-15-6-3-4-7-16(15)13-18/h3-4,6-7,17-18H,2,5,8-14H2,1H3,(H2,21,22,25). The molecule has 1 unspecified atom stereocenters. The van der Waals surface area contributed by atoms with Crippen LogP contribution in [0.3, 0.4) is 0 Å². The van der Waals surface area contributed by atoms with Crippen LogP contribution in [0.15, 0.2) is 24.3 Å². The van der Waals surface area contributed by atoms with Crippen molar-refractivity contribution in [3.05, 3.63) is 35.4 Å². The van der Waals surface area contributed by atoms with Gasteiger partial charge in [-0.2, -0.15) is 0 Å². The van der Waals surface area contributed by atoms with Crippen molar-refractivity contribution in [2.75, 3.05) is 26.2 Å². The number of esters is 1. The van der Waals surface area contributed by atoms with Crippen LogP contribution in [0.4, 0.5) is 4.79 Å². The number of piperidine rings is 1. The topological polar surface area (TPSA) is 70.7 Å². The molecule has 0 radical (unpaired) electrons. The van der Waals surface area contributed by atoms with Gasteiger partial charge in [-0.05, 0) is 50.3 Å². The molecule has 1 aromatic rings. The van der Waals surface area contributed by atoms with Crippen LogP contribution in [0.1, 0.15) is 37.3 Å². The lowest BCUT2D eigenvalue weighted by Gasteiger charge is -2.37. The molecule has 1 atom stereocenters. The molecule has 2 N–H and O–H groups in total. The average molecular weight is 359 g/mol. The molecule has 26 heavy (non-hydrogen) atoms. The molecular weight excluding hydrogens is 330 g/mol. The van der Waals surface area contributed by atoms with E-state index in [2.05, 4.69) is 39.8 Å². The normalized spacial score (nSPS) is 20.4. The molecule has 2 amide bonds. The van der Waals surface area contributed by atoms with Crippen molar-refractivity contribution in [2.45, 2.75) is 51.1 Å². The summed E-state index contributed by atoms with van der Waals surface area (Å²) in [6.45, 7) is 4.44. The molecule has 1 aliphatic heterocycles. The Hall–Kier alpha value is -2.08. The largest absolute Gasteiger partial charge is 0.466 e. The van der Waals surface area contributed by atoms with Crippen molar-refractivity contribution in [3.8, 4) is 0 Å². The van der Waals surface area contributed by atoms with Crippen LogP contribution < -0.4 is 10.6 Å². The smallest absolute Gasteiger partial charge is 0.315 e. The summed E-state index contributed by atoms with van der Waals surface area (Å²) >= 11 is 0. The van der Waals surface area contributed by atoms with Crippen LogP contribution in [0.5, 0.6) is 0 Å². The summed E-state index contributed by atoms with van der Waals surface area (Å²) in [5.74, 6) is -0.280.